The Morgan fingerprint density at radius 3 is 2.32 bits per heavy atom. The van der Waals surface area contributed by atoms with Gasteiger partial charge in [0.2, 0.25) is 0 Å². The molecule has 2 aromatic carbocycles. The van der Waals surface area contributed by atoms with Crippen LogP contribution in [0.1, 0.15) is 30.1 Å². The van der Waals surface area contributed by atoms with E-state index in [1.807, 2.05) is 42.5 Å². The summed E-state index contributed by atoms with van der Waals surface area (Å²) in [5, 5.41) is 10.3. The lowest BCUT2D eigenvalue weighted by Gasteiger charge is -2.23. The van der Waals surface area contributed by atoms with Crippen LogP contribution in [0, 0.1) is 5.41 Å². The van der Waals surface area contributed by atoms with Gasteiger partial charge in [-0.1, -0.05) is 83.8 Å². The first-order valence-electron chi connectivity index (χ1n) is 9.22. The van der Waals surface area contributed by atoms with Gasteiger partial charge < -0.3 is 9.67 Å². The number of benzene rings is 2. The molecule has 1 atom stereocenters. The number of fused-ring (bicyclic) bond motifs is 1. The lowest BCUT2D eigenvalue weighted by atomic mass is 9.86. The molecule has 2 heterocycles. The third-order valence-electron chi connectivity index (χ3n) is 5.42. The number of rotatable bonds is 4. The summed E-state index contributed by atoms with van der Waals surface area (Å²) in [6.07, 6.45) is -0.0202. The number of carbonyl (C=O) groups is 1. The number of hydrogen-bond donors (Lipinski definition) is 1. The monoisotopic (exact) mass is 457 g/mol. The van der Waals surface area contributed by atoms with E-state index < -0.39 is 5.97 Å². The molecule has 144 valence electrons. The number of hydrogen-bond acceptors (Lipinski definition) is 1. The maximum Gasteiger partial charge on any atom is 0.309 e. The molecule has 4 rings (SSSR count). The van der Waals surface area contributed by atoms with Crippen molar-refractivity contribution in [2.45, 2.75) is 31.6 Å². The molecule has 0 radical (unpaired) electrons. The third-order valence-corrected chi connectivity index (χ3v) is 7.34. The van der Waals surface area contributed by atoms with Crippen molar-refractivity contribution in [3.05, 3.63) is 71.0 Å². The Morgan fingerprint density at radius 1 is 1.11 bits per heavy atom. The average Bonchev–Trinajstić information content (AvgIpc) is 3.07. The Morgan fingerprint density at radius 2 is 1.71 bits per heavy atom. The number of aromatic nitrogens is 1. The molecule has 0 bridgehead atoms. The van der Waals surface area contributed by atoms with Gasteiger partial charge in [-0.05, 0) is 23.3 Å². The first-order chi connectivity index (χ1) is 13.3. The average molecular weight is 459 g/mol. The van der Waals surface area contributed by atoms with Gasteiger partial charge in [-0.15, -0.1) is 0 Å². The summed E-state index contributed by atoms with van der Waals surface area (Å²) in [5.41, 5.74) is 6.15. The highest BCUT2D eigenvalue weighted by Crippen LogP contribution is 2.55. The molecule has 0 fully saturated rings. The van der Waals surface area contributed by atoms with E-state index in [1.165, 1.54) is 0 Å². The van der Waals surface area contributed by atoms with E-state index in [2.05, 4.69) is 46.5 Å². The highest BCUT2D eigenvalue weighted by atomic mass is 79.9. The quantitative estimate of drug-likeness (QED) is 0.449. The van der Waals surface area contributed by atoms with E-state index in [0.29, 0.717) is 5.02 Å². The Balaban J connectivity index is 2.08. The number of carboxylic acid groups (broad SMARTS) is 1. The first kappa shape index (κ1) is 19.3. The van der Waals surface area contributed by atoms with Gasteiger partial charge in [0.1, 0.15) is 0 Å². The Labute approximate surface area is 178 Å². The van der Waals surface area contributed by atoms with Crippen LogP contribution >= 0.6 is 27.5 Å². The van der Waals surface area contributed by atoms with Crippen LogP contribution in [-0.4, -0.2) is 15.6 Å². The van der Waals surface area contributed by atoms with Crippen LogP contribution in [-0.2, 0) is 17.8 Å². The van der Waals surface area contributed by atoms with E-state index in [9.17, 15) is 9.90 Å². The molecule has 0 amide bonds. The molecule has 1 aliphatic heterocycles. The number of nitrogens with zero attached hydrogens (tertiary/aromatic N) is 1. The van der Waals surface area contributed by atoms with E-state index in [-0.39, 0.29) is 16.7 Å². The maximum absolute atomic E-state index is 11.7. The predicted molar refractivity (Wildman–Crippen MR) is 117 cm³/mol. The number of alkyl halides is 1. The van der Waals surface area contributed by atoms with Crippen molar-refractivity contribution < 1.29 is 9.90 Å². The topological polar surface area (TPSA) is 42.2 Å². The zero-order valence-electron chi connectivity index (χ0n) is 15.7. The molecule has 1 unspecified atom stereocenters. The fourth-order valence-electron chi connectivity index (χ4n) is 4.14. The van der Waals surface area contributed by atoms with Crippen LogP contribution < -0.4 is 0 Å². The van der Waals surface area contributed by atoms with E-state index in [1.54, 1.807) is 0 Å². The lowest BCUT2D eigenvalue weighted by Crippen LogP contribution is -2.17. The van der Waals surface area contributed by atoms with Gasteiger partial charge in [0.15, 0.2) is 0 Å². The van der Waals surface area contributed by atoms with Crippen molar-refractivity contribution in [3.63, 3.8) is 0 Å². The summed E-state index contributed by atoms with van der Waals surface area (Å²) in [6.45, 7) is 5.19. The molecule has 0 aliphatic carbocycles. The molecule has 3 nitrogen and oxygen atoms in total. The second-order valence-corrected chi connectivity index (χ2v) is 9.31. The number of aliphatic carboxylic acids is 1. The van der Waals surface area contributed by atoms with Crippen LogP contribution in [0.25, 0.3) is 22.3 Å². The fraction of sp³-hybridized carbons (Fsp3) is 0.261. The molecule has 1 aliphatic rings. The fourth-order valence-corrected chi connectivity index (χ4v) is 4.89. The molecule has 1 aromatic heterocycles. The van der Waals surface area contributed by atoms with Crippen molar-refractivity contribution in [3.8, 4) is 22.3 Å². The Bertz CT molecular complexity index is 1040. The summed E-state index contributed by atoms with van der Waals surface area (Å²) in [5.74, 6) is -0.828. The number of halogens is 2. The van der Waals surface area contributed by atoms with Gasteiger partial charge in [-0.25, -0.2) is 0 Å². The van der Waals surface area contributed by atoms with E-state index >= 15 is 0 Å². The minimum Gasteiger partial charge on any atom is -0.481 e. The molecule has 0 saturated carbocycles. The minimum absolute atomic E-state index is 0.00928. The minimum atomic E-state index is -0.828. The van der Waals surface area contributed by atoms with Gasteiger partial charge in [0.05, 0.1) is 11.2 Å². The summed E-state index contributed by atoms with van der Waals surface area (Å²) in [4.78, 5) is 11.9. The second kappa shape index (κ2) is 7.09. The standard InChI is InChI=1S/C23H21BrClNO2/c1-23(2)13-26-17(12-18(27)28)19(15-8-10-16(25)11-9-15)20(21(26)22(23)24)14-6-4-3-5-7-14/h3-11,22H,12-13H2,1-2H3,(H,27,28). The molecule has 28 heavy (non-hydrogen) atoms. The third kappa shape index (κ3) is 3.19. The highest BCUT2D eigenvalue weighted by molar-refractivity contribution is 9.09. The van der Waals surface area contributed by atoms with Crippen LogP contribution in [0.2, 0.25) is 5.02 Å². The predicted octanol–water partition coefficient (Wildman–Crippen LogP) is 6.58. The van der Waals surface area contributed by atoms with Crippen molar-refractivity contribution in [1.82, 2.24) is 4.57 Å². The Hall–Kier alpha value is -2.04. The van der Waals surface area contributed by atoms with Crippen molar-refractivity contribution in [2.75, 3.05) is 0 Å². The second-order valence-electron chi connectivity index (χ2n) is 7.96. The molecule has 1 N–H and O–H groups in total. The summed E-state index contributed by atoms with van der Waals surface area (Å²) < 4.78 is 2.21. The van der Waals surface area contributed by atoms with Crippen molar-refractivity contribution in [1.29, 1.82) is 0 Å². The smallest absolute Gasteiger partial charge is 0.309 e. The van der Waals surface area contributed by atoms with Crippen LogP contribution in [0.5, 0.6) is 0 Å². The van der Waals surface area contributed by atoms with Gasteiger partial charge in [0.25, 0.3) is 0 Å². The highest BCUT2D eigenvalue weighted by Gasteiger charge is 2.43. The van der Waals surface area contributed by atoms with Gasteiger partial charge in [0, 0.05) is 39.5 Å². The first-order valence-corrected chi connectivity index (χ1v) is 10.5. The SMILES string of the molecule is CC1(C)Cn2c(CC(=O)O)c(-c3ccc(Cl)cc3)c(-c3ccccc3)c2C1Br. The lowest BCUT2D eigenvalue weighted by molar-refractivity contribution is -0.136. The van der Waals surface area contributed by atoms with Crippen LogP contribution in [0.4, 0.5) is 0 Å². The molecule has 0 saturated heterocycles. The van der Waals surface area contributed by atoms with E-state index in [0.717, 1.165) is 40.2 Å². The zero-order chi connectivity index (χ0) is 20.1. The van der Waals surface area contributed by atoms with Crippen molar-refractivity contribution in [2.24, 2.45) is 5.41 Å². The van der Waals surface area contributed by atoms with Gasteiger partial charge >= 0.3 is 5.97 Å². The Kier molecular flexibility index (Phi) is 4.88. The van der Waals surface area contributed by atoms with E-state index in [4.69, 9.17) is 11.6 Å². The maximum atomic E-state index is 11.7. The van der Waals surface area contributed by atoms with Crippen LogP contribution in [0.3, 0.4) is 0 Å². The van der Waals surface area contributed by atoms with Gasteiger partial charge in [-0.3, -0.25) is 4.79 Å². The molecule has 0 spiro atoms. The number of carboxylic acids is 1. The molecule has 5 heteroatoms. The summed E-state index contributed by atoms with van der Waals surface area (Å²) >= 11 is 10.0. The summed E-state index contributed by atoms with van der Waals surface area (Å²) in [6, 6.07) is 17.9. The normalized spacial score (nSPS) is 17.5. The molecular formula is C23H21BrClNO2. The zero-order valence-corrected chi connectivity index (χ0v) is 18.1. The molecule has 3 aromatic rings. The van der Waals surface area contributed by atoms with Crippen LogP contribution in [0.15, 0.2) is 54.6 Å². The largest absolute Gasteiger partial charge is 0.481 e. The molecular weight excluding hydrogens is 438 g/mol. The van der Waals surface area contributed by atoms with Crippen molar-refractivity contribution >= 4 is 33.5 Å². The summed E-state index contributed by atoms with van der Waals surface area (Å²) in [7, 11) is 0. The van der Waals surface area contributed by atoms with Gasteiger partial charge in [-0.2, -0.15) is 0 Å².